The van der Waals surface area contributed by atoms with Crippen LogP contribution in [0, 0.1) is 0 Å². The molecule has 0 aliphatic carbocycles. The molecule has 25 heavy (non-hydrogen) atoms. The van der Waals surface area contributed by atoms with Crippen LogP contribution in [0.2, 0.25) is 0 Å². The fraction of sp³-hybridized carbons (Fsp3) is 0.412. The number of methoxy groups -OCH3 is 2. The molecule has 8 heteroatoms. The van der Waals surface area contributed by atoms with Crippen LogP contribution in [0.1, 0.15) is 36.8 Å². The summed E-state index contributed by atoms with van der Waals surface area (Å²) in [7, 11) is 3.20. The molecule has 1 aromatic heterocycles. The molecule has 0 saturated heterocycles. The van der Waals surface area contributed by atoms with E-state index in [0.29, 0.717) is 36.5 Å². The third-order valence-electron chi connectivity index (χ3n) is 3.49. The third-order valence-corrected chi connectivity index (χ3v) is 3.49. The number of aliphatic imine (C=N–C) groups is 1. The van der Waals surface area contributed by atoms with Crippen LogP contribution in [-0.2, 0) is 13.1 Å². The zero-order valence-electron chi connectivity index (χ0n) is 14.9. The van der Waals surface area contributed by atoms with E-state index in [1.807, 2.05) is 24.3 Å². The number of nitrogens with one attached hydrogen (secondary N) is 1. The summed E-state index contributed by atoms with van der Waals surface area (Å²) >= 11 is 0. The first kappa shape index (κ1) is 21.1. The second kappa shape index (κ2) is 10.1. The fourth-order valence-electron chi connectivity index (χ4n) is 2.07. The average Bonchev–Trinajstić information content (AvgIpc) is 3.07. The lowest BCUT2D eigenvalue weighted by Crippen LogP contribution is -2.31. The molecule has 0 aliphatic heterocycles. The van der Waals surface area contributed by atoms with Gasteiger partial charge < -0.3 is 25.0 Å². The zero-order valence-corrected chi connectivity index (χ0v) is 17.2. The molecule has 0 bridgehead atoms. The molecule has 1 heterocycles. The minimum Gasteiger partial charge on any atom is -0.493 e. The highest BCUT2D eigenvalue weighted by molar-refractivity contribution is 14.0. The molecule has 0 saturated carbocycles. The lowest BCUT2D eigenvalue weighted by Gasteiger charge is -2.09. The highest BCUT2D eigenvalue weighted by Crippen LogP contribution is 2.27. The van der Waals surface area contributed by atoms with Crippen molar-refractivity contribution < 1.29 is 14.0 Å². The van der Waals surface area contributed by atoms with Crippen molar-refractivity contribution in [2.45, 2.75) is 32.9 Å². The number of nitrogens with two attached hydrogens (primary N) is 1. The molecule has 138 valence electrons. The molecule has 0 atom stereocenters. The molecule has 2 rings (SSSR count). The van der Waals surface area contributed by atoms with Crippen molar-refractivity contribution in [3.63, 3.8) is 0 Å². The Labute approximate surface area is 165 Å². The third kappa shape index (κ3) is 6.11. The lowest BCUT2D eigenvalue weighted by atomic mass is 10.1. The van der Waals surface area contributed by atoms with Gasteiger partial charge in [0.15, 0.2) is 23.2 Å². The fourth-order valence-corrected chi connectivity index (χ4v) is 2.07. The molecule has 0 aliphatic rings. The van der Waals surface area contributed by atoms with Crippen LogP contribution in [0.5, 0.6) is 11.5 Å². The molecule has 0 spiro atoms. The van der Waals surface area contributed by atoms with Gasteiger partial charge in [-0.2, -0.15) is 0 Å². The molecule has 1 aromatic carbocycles. The quantitative estimate of drug-likeness (QED) is 0.375. The molecular formula is C17H25IN4O3. The molecule has 3 N–H and O–H groups in total. The molecule has 2 aromatic rings. The number of hydrogen-bond acceptors (Lipinski definition) is 5. The Kier molecular flexibility index (Phi) is 8.53. The van der Waals surface area contributed by atoms with Crippen molar-refractivity contribution in [3.8, 4) is 11.5 Å². The predicted octanol–water partition coefficient (Wildman–Crippen LogP) is 3.04. The van der Waals surface area contributed by atoms with E-state index in [0.717, 1.165) is 17.0 Å². The van der Waals surface area contributed by atoms with Gasteiger partial charge in [-0.25, -0.2) is 4.99 Å². The first-order chi connectivity index (χ1) is 11.5. The van der Waals surface area contributed by atoms with Gasteiger partial charge in [0.1, 0.15) is 0 Å². The summed E-state index contributed by atoms with van der Waals surface area (Å²) in [5, 5.41) is 7.01. The number of rotatable bonds is 7. The first-order valence-corrected chi connectivity index (χ1v) is 7.73. The monoisotopic (exact) mass is 460 g/mol. The largest absolute Gasteiger partial charge is 0.493 e. The van der Waals surface area contributed by atoms with E-state index in [2.05, 4.69) is 29.3 Å². The molecule has 0 fully saturated rings. The second-order valence-corrected chi connectivity index (χ2v) is 5.62. The normalized spacial score (nSPS) is 11.2. The molecular weight excluding hydrogens is 435 g/mol. The summed E-state index contributed by atoms with van der Waals surface area (Å²) in [6, 6.07) is 7.55. The zero-order chi connectivity index (χ0) is 17.5. The summed E-state index contributed by atoms with van der Waals surface area (Å²) in [5.41, 5.74) is 7.78. The van der Waals surface area contributed by atoms with Crippen molar-refractivity contribution in [3.05, 3.63) is 41.3 Å². The summed E-state index contributed by atoms with van der Waals surface area (Å²) in [6.45, 7) is 5.01. The average molecular weight is 460 g/mol. The minimum absolute atomic E-state index is 0. The number of aromatic nitrogens is 1. The standard InChI is InChI=1S/C17H24N4O3.HI/c1-11(2)14-8-13(24-21-14)10-20-17(18)19-9-12-5-6-15(22-3)16(7-12)23-4;/h5-8,11H,9-10H2,1-4H3,(H3,18,19,20);1H. The smallest absolute Gasteiger partial charge is 0.189 e. The summed E-state index contributed by atoms with van der Waals surface area (Å²) in [5.74, 6) is 2.75. The van der Waals surface area contributed by atoms with Crippen LogP contribution < -0.4 is 20.5 Å². The highest BCUT2D eigenvalue weighted by Gasteiger charge is 2.08. The summed E-state index contributed by atoms with van der Waals surface area (Å²) < 4.78 is 15.7. The van der Waals surface area contributed by atoms with E-state index in [-0.39, 0.29) is 24.0 Å². The second-order valence-electron chi connectivity index (χ2n) is 5.62. The molecule has 0 amide bonds. The van der Waals surface area contributed by atoms with Crippen LogP contribution in [0.25, 0.3) is 0 Å². The van der Waals surface area contributed by atoms with Crippen LogP contribution in [0.4, 0.5) is 0 Å². The number of halogens is 1. The topological polar surface area (TPSA) is 94.9 Å². The number of nitrogens with zero attached hydrogens (tertiary/aromatic N) is 2. The van der Waals surface area contributed by atoms with Gasteiger partial charge in [-0.15, -0.1) is 24.0 Å². The van der Waals surface area contributed by atoms with E-state index in [1.54, 1.807) is 14.2 Å². The Morgan fingerprint density at radius 1 is 1.24 bits per heavy atom. The lowest BCUT2D eigenvalue weighted by molar-refractivity contribution is 0.354. The van der Waals surface area contributed by atoms with Crippen molar-refractivity contribution >= 4 is 29.9 Å². The molecule has 0 radical (unpaired) electrons. The Morgan fingerprint density at radius 2 is 1.96 bits per heavy atom. The van der Waals surface area contributed by atoms with Crippen LogP contribution in [0.3, 0.4) is 0 Å². The van der Waals surface area contributed by atoms with Gasteiger partial charge in [-0.05, 0) is 23.6 Å². The Hall–Kier alpha value is -1.97. The SMILES string of the molecule is COc1ccc(CN=C(N)NCc2cc(C(C)C)no2)cc1OC.I. The Bertz CT molecular complexity index is 701. The maximum absolute atomic E-state index is 5.88. The van der Waals surface area contributed by atoms with E-state index in [4.69, 9.17) is 19.7 Å². The predicted molar refractivity (Wildman–Crippen MR) is 108 cm³/mol. The van der Waals surface area contributed by atoms with Gasteiger partial charge in [0, 0.05) is 6.07 Å². The van der Waals surface area contributed by atoms with Crippen molar-refractivity contribution in [2.24, 2.45) is 10.7 Å². The van der Waals surface area contributed by atoms with Gasteiger partial charge in [0.2, 0.25) is 0 Å². The molecule has 0 unspecified atom stereocenters. The highest BCUT2D eigenvalue weighted by atomic mass is 127. The number of ether oxygens (including phenoxy) is 2. The van der Waals surface area contributed by atoms with Gasteiger partial charge in [0.25, 0.3) is 0 Å². The number of benzene rings is 1. The summed E-state index contributed by atoms with van der Waals surface area (Å²) in [6.07, 6.45) is 0. The first-order valence-electron chi connectivity index (χ1n) is 7.73. The van der Waals surface area contributed by atoms with E-state index < -0.39 is 0 Å². The number of hydrogen-bond donors (Lipinski definition) is 2. The van der Waals surface area contributed by atoms with Crippen molar-refractivity contribution in [2.75, 3.05) is 14.2 Å². The minimum atomic E-state index is 0. The van der Waals surface area contributed by atoms with Gasteiger partial charge in [-0.1, -0.05) is 25.1 Å². The van der Waals surface area contributed by atoms with Crippen molar-refractivity contribution in [1.82, 2.24) is 10.5 Å². The van der Waals surface area contributed by atoms with E-state index >= 15 is 0 Å². The van der Waals surface area contributed by atoms with Crippen LogP contribution in [-0.4, -0.2) is 25.3 Å². The van der Waals surface area contributed by atoms with E-state index in [9.17, 15) is 0 Å². The van der Waals surface area contributed by atoms with Crippen LogP contribution in [0.15, 0.2) is 33.8 Å². The number of guanidine groups is 1. The van der Waals surface area contributed by atoms with Crippen molar-refractivity contribution in [1.29, 1.82) is 0 Å². The van der Waals surface area contributed by atoms with Gasteiger partial charge in [-0.3, -0.25) is 0 Å². The maximum atomic E-state index is 5.88. The van der Waals surface area contributed by atoms with Crippen LogP contribution >= 0.6 is 24.0 Å². The Morgan fingerprint density at radius 3 is 2.56 bits per heavy atom. The summed E-state index contributed by atoms with van der Waals surface area (Å²) in [4.78, 5) is 4.31. The van der Waals surface area contributed by atoms with Gasteiger partial charge >= 0.3 is 0 Å². The maximum Gasteiger partial charge on any atom is 0.189 e. The van der Waals surface area contributed by atoms with Gasteiger partial charge in [0.05, 0.1) is 33.0 Å². The molecule has 7 nitrogen and oxygen atoms in total. The Balaban J connectivity index is 0.00000312. The van der Waals surface area contributed by atoms with E-state index in [1.165, 1.54) is 0 Å².